The minimum Gasteiger partial charge on any atom is -0.389 e. The van der Waals surface area contributed by atoms with Crippen LogP contribution in [0.15, 0.2) is 0 Å². The van der Waals surface area contributed by atoms with Crippen molar-refractivity contribution in [2.45, 2.75) is 43.4 Å². The summed E-state index contributed by atoms with van der Waals surface area (Å²) in [6, 6.07) is 0. The van der Waals surface area contributed by atoms with Crippen LogP contribution in [0.5, 0.6) is 0 Å². The SMILES string of the molecule is O=[N+]([O-])C1(CO)COC2(OC1)C1CC3CC(C1)CC2C3. The van der Waals surface area contributed by atoms with E-state index in [-0.39, 0.29) is 13.2 Å². The molecule has 5 fully saturated rings. The molecule has 0 atom stereocenters. The van der Waals surface area contributed by atoms with Crippen molar-refractivity contribution in [3.8, 4) is 0 Å². The van der Waals surface area contributed by atoms with Crippen molar-refractivity contribution in [1.29, 1.82) is 0 Å². The summed E-state index contributed by atoms with van der Waals surface area (Å²) in [5, 5.41) is 20.5. The van der Waals surface area contributed by atoms with Gasteiger partial charge in [-0.1, -0.05) is 0 Å². The van der Waals surface area contributed by atoms with Gasteiger partial charge in [-0.05, 0) is 43.9 Å². The summed E-state index contributed by atoms with van der Waals surface area (Å²) in [6.45, 7) is -0.589. The van der Waals surface area contributed by atoms with E-state index in [1.807, 2.05) is 0 Å². The van der Waals surface area contributed by atoms with Crippen LogP contribution in [-0.2, 0) is 9.47 Å². The molecule has 0 aromatic rings. The maximum atomic E-state index is 11.2. The van der Waals surface area contributed by atoms with E-state index in [0.717, 1.165) is 37.5 Å². The van der Waals surface area contributed by atoms with Gasteiger partial charge in [-0.3, -0.25) is 10.1 Å². The maximum Gasteiger partial charge on any atom is 0.290 e. The van der Waals surface area contributed by atoms with Crippen LogP contribution in [0.3, 0.4) is 0 Å². The molecule has 1 heterocycles. The lowest BCUT2D eigenvalue weighted by molar-refractivity contribution is -0.604. The van der Waals surface area contributed by atoms with Crippen molar-refractivity contribution in [1.82, 2.24) is 0 Å². The van der Waals surface area contributed by atoms with Crippen molar-refractivity contribution >= 4 is 0 Å². The smallest absolute Gasteiger partial charge is 0.290 e. The van der Waals surface area contributed by atoms with E-state index in [2.05, 4.69) is 0 Å². The van der Waals surface area contributed by atoms with Gasteiger partial charge in [-0.15, -0.1) is 0 Å². The van der Waals surface area contributed by atoms with E-state index in [0.29, 0.717) is 11.8 Å². The number of aliphatic hydroxyl groups is 1. The molecule has 1 N–H and O–H groups in total. The van der Waals surface area contributed by atoms with Crippen LogP contribution in [0.1, 0.15) is 32.1 Å². The molecule has 0 aromatic carbocycles. The molecule has 5 rings (SSSR count). The van der Waals surface area contributed by atoms with Gasteiger partial charge < -0.3 is 14.6 Å². The number of hydrogen-bond acceptors (Lipinski definition) is 5. The second-order valence-corrected chi connectivity index (χ2v) is 7.24. The van der Waals surface area contributed by atoms with Gasteiger partial charge in [-0.2, -0.15) is 0 Å². The molecule has 5 aliphatic rings. The molecule has 4 saturated carbocycles. The van der Waals surface area contributed by atoms with Crippen LogP contribution in [-0.4, -0.2) is 41.2 Å². The van der Waals surface area contributed by atoms with Gasteiger partial charge in [0.1, 0.15) is 19.8 Å². The minimum atomic E-state index is -1.47. The molecule has 4 bridgehead atoms. The Bertz CT molecular complexity index is 399. The number of aliphatic hydroxyl groups excluding tert-OH is 1. The standard InChI is InChI=1S/C14H21NO5/c16-6-13(15(17)18)7-19-14(20-8-13)11-2-9-1-10(4-11)5-12(14)3-9/h9-12,16H,1-8H2. The number of nitro groups is 1. The first kappa shape index (κ1) is 13.0. The molecule has 1 saturated heterocycles. The predicted octanol–water partition coefficient (Wildman–Crippen LogP) is 1.19. The van der Waals surface area contributed by atoms with E-state index in [1.165, 1.54) is 6.42 Å². The summed E-state index contributed by atoms with van der Waals surface area (Å²) < 4.78 is 12.0. The van der Waals surface area contributed by atoms with Gasteiger partial charge in [0.15, 0.2) is 5.79 Å². The number of nitrogens with zero attached hydrogens (tertiary/aromatic N) is 1. The molecule has 6 heteroatoms. The first-order valence-electron chi connectivity index (χ1n) is 7.61. The molecule has 0 amide bonds. The third-order valence-electron chi connectivity index (χ3n) is 6.09. The Hall–Kier alpha value is -0.720. The summed E-state index contributed by atoms with van der Waals surface area (Å²) in [6.07, 6.45) is 5.89. The number of hydrogen-bond donors (Lipinski definition) is 1. The summed E-state index contributed by atoms with van der Waals surface area (Å²) in [4.78, 5) is 10.7. The van der Waals surface area contributed by atoms with E-state index in [9.17, 15) is 15.2 Å². The molecular weight excluding hydrogens is 262 g/mol. The Morgan fingerprint density at radius 1 is 1.05 bits per heavy atom. The topological polar surface area (TPSA) is 81.8 Å². The van der Waals surface area contributed by atoms with Gasteiger partial charge in [0.25, 0.3) is 5.54 Å². The van der Waals surface area contributed by atoms with Crippen molar-refractivity contribution in [2.75, 3.05) is 19.8 Å². The van der Waals surface area contributed by atoms with Crippen molar-refractivity contribution < 1.29 is 19.5 Å². The van der Waals surface area contributed by atoms with Crippen LogP contribution in [0.2, 0.25) is 0 Å². The summed E-state index contributed by atoms with van der Waals surface area (Å²) >= 11 is 0. The normalized spacial score (nSPS) is 53.5. The van der Waals surface area contributed by atoms with E-state index < -0.39 is 22.9 Å². The van der Waals surface area contributed by atoms with E-state index in [4.69, 9.17) is 9.47 Å². The summed E-state index contributed by atoms with van der Waals surface area (Å²) in [5.41, 5.74) is -1.47. The van der Waals surface area contributed by atoms with E-state index >= 15 is 0 Å². The summed E-state index contributed by atoms with van der Waals surface area (Å²) in [7, 11) is 0. The predicted molar refractivity (Wildman–Crippen MR) is 68.5 cm³/mol. The third-order valence-corrected chi connectivity index (χ3v) is 6.09. The zero-order chi connectivity index (χ0) is 14.0. The molecule has 6 nitrogen and oxygen atoms in total. The van der Waals surface area contributed by atoms with Gasteiger partial charge in [0.2, 0.25) is 0 Å². The highest BCUT2D eigenvalue weighted by atomic mass is 16.7. The molecule has 112 valence electrons. The lowest BCUT2D eigenvalue weighted by atomic mass is 9.53. The van der Waals surface area contributed by atoms with Crippen LogP contribution in [0.25, 0.3) is 0 Å². The third kappa shape index (κ3) is 1.55. The fourth-order valence-corrected chi connectivity index (χ4v) is 5.14. The summed E-state index contributed by atoms with van der Waals surface area (Å²) in [5.74, 6) is 1.79. The average Bonchev–Trinajstić information content (AvgIpc) is 2.44. The highest BCUT2D eigenvalue weighted by Gasteiger charge is 2.63. The van der Waals surface area contributed by atoms with Crippen LogP contribution >= 0.6 is 0 Å². The zero-order valence-electron chi connectivity index (χ0n) is 11.5. The lowest BCUT2D eigenvalue weighted by Gasteiger charge is -2.61. The molecule has 1 spiro atoms. The highest BCUT2D eigenvalue weighted by Crippen LogP contribution is 2.60. The van der Waals surface area contributed by atoms with Gasteiger partial charge in [0, 0.05) is 16.8 Å². The Morgan fingerprint density at radius 3 is 1.95 bits per heavy atom. The second-order valence-electron chi connectivity index (χ2n) is 7.24. The number of rotatable bonds is 2. The van der Waals surface area contributed by atoms with Crippen LogP contribution < -0.4 is 0 Å². The Balaban J connectivity index is 1.57. The largest absolute Gasteiger partial charge is 0.389 e. The quantitative estimate of drug-likeness (QED) is 0.608. The first-order valence-corrected chi connectivity index (χ1v) is 7.61. The lowest BCUT2D eigenvalue weighted by Crippen LogP contribution is -2.67. The van der Waals surface area contributed by atoms with Crippen LogP contribution in [0, 0.1) is 33.8 Å². The van der Waals surface area contributed by atoms with E-state index in [1.54, 1.807) is 0 Å². The first-order chi connectivity index (χ1) is 9.58. The molecule has 20 heavy (non-hydrogen) atoms. The van der Waals surface area contributed by atoms with Gasteiger partial charge in [0.05, 0.1) is 0 Å². The molecule has 4 aliphatic carbocycles. The molecule has 0 aromatic heterocycles. The molecule has 0 unspecified atom stereocenters. The van der Waals surface area contributed by atoms with Gasteiger partial charge >= 0.3 is 0 Å². The number of ether oxygens (including phenoxy) is 2. The molecule has 0 radical (unpaired) electrons. The minimum absolute atomic E-state index is 0.0289. The molecule has 1 aliphatic heterocycles. The second kappa shape index (κ2) is 4.15. The highest BCUT2D eigenvalue weighted by molar-refractivity contribution is 5.05. The van der Waals surface area contributed by atoms with Crippen LogP contribution in [0.4, 0.5) is 0 Å². The average molecular weight is 283 g/mol. The van der Waals surface area contributed by atoms with Crippen molar-refractivity contribution in [3.63, 3.8) is 0 Å². The Labute approximate surface area is 117 Å². The van der Waals surface area contributed by atoms with Gasteiger partial charge in [-0.25, -0.2) is 0 Å². The monoisotopic (exact) mass is 283 g/mol. The van der Waals surface area contributed by atoms with Crippen molar-refractivity contribution in [2.24, 2.45) is 23.7 Å². The van der Waals surface area contributed by atoms with Crippen molar-refractivity contribution in [3.05, 3.63) is 10.1 Å². The Kier molecular flexibility index (Phi) is 2.69. The molecular formula is C14H21NO5. The zero-order valence-corrected chi connectivity index (χ0v) is 11.5. The Morgan fingerprint density at radius 2 is 1.55 bits per heavy atom. The maximum absolute atomic E-state index is 11.2. The fourth-order valence-electron chi connectivity index (χ4n) is 5.14. The fraction of sp³-hybridized carbons (Fsp3) is 1.00.